The molecule has 0 aliphatic heterocycles. The van der Waals surface area contributed by atoms with Crippen LogP contribution in [0.25, 0.3) is 0 Å². The molecule has 82 valence electrons. The molecule has 0 bridgehead atoms. The van der Waals surface area contributed by atoms with E-state index in [0.29, 0.717) is 16.0 Å². The van der Waals surface area contributed by atoms with Crippen LogP contribution in [0, 0.1) is 0 Å². The SMILES string of the molecule is CC(C)c1ncc(Br)c(C(C)C(=O)O)n1. The predicted octanol–water partition coefficient (Wildman–Crippen LogP) is 2.55. The molecule has 1 rings (SSSR count). The Hall–Kier alpha value is -0.970. The van der Waals surface area contributed by atoms with Crippen LogP contribution in [0.4, 0.5) is 0 Å². The number of rotatable bonds is 3. The highest BCUT2D eigenvalue weighted by Crippen LogP contribution is 2.24. The molecule has 1 aromatic rings. The van der Waals surface area contributed by atoms with Gasteiger partial charge in [0.05, 0.1) is 16.1 Å². The van der Waals surface area contributed by atoms with Crippen molar-refractivity contribution in [2.75, 3.05) is 0 Å². The number of hydrogen-bond donors (Lipinski definition) is 1. The number of aliphatic carboxylic acids is 1. The van der Waals surface area contributed by atoms with Gasteiger partial charge in [0.1, 0.15) is 5.82 Å². The molecule has 1 atom stereocenters. The van der Waals surface area contributed by atoms with Crippen molar-refractivity contribution in [2.24, 2.45) is 0 Å². The first kappa shape index (κ1) is 12.1. The highest BCUT2D eigenvalue weighted by Gasteiger charge is 2.19. The summed E-state index contributed by atoms with van der Waals surface area (Å²) in [6.07, 6.45) is 1.61. The Balaban J connectivity index is 3.16. The van der Waals surface area contributed by atoms with E-state index in [1.807, 2.05) is 13.8 Å². The van der Waals surface area contributed by atoms with Gasteiger partial charge in [0, 0.05) is 12.1 Å². The molecule has 1 N–H and O–H groups in total. The lowest BCUT2D eigenvalue weighted by Crippen LogP contribution is -2.12. The Morgan fingerprint density at radius 2 is 2.07 bits per heavy atom. The molecule has 5 heteroatoms. The second kappa shape index (κ2) is 4.70. The summed E-state index contributed by atoms with van der Waals surface area (Å²) in [6, 6.07) is 0. The fourth-order valence-corrected chi connectivity index (χ4v) is 1.63. The molecular formula is C10H13BrN2O2. The first-order valence-electron chi connectivity index (χ1n) is 4.68. The number of nitrogens with zero attached hydrogens (tertiary/aromatic N) is 2. The third kappa shape index (κ3) is 2.75. The molecule has 1 aromatic heterocycles. The molecule has 15 heavy (non-hydrogen) atoms. The molecule has 0 aliphatic rings. The van der Waals surface area contributed by atoms with Crippen molar-refractivity contribution in [3.8, 4) is 0 Å². The Bertz CT molecular complexity index is 380. The molecule has 0 aliphatic carbocycles. The van der Waals surface area contributed by atoms with Gasteiger partial charge in [0.2, 0.25) is 0 Å². The van der Waals surface area contributed by atoms with Crippen LogP contribution < -0.4 is 0 Å². The Kier molecular flexibility index (Phi) is 3.79. The molecule has 0 amide bonds. The molecule has 0 radical (unpaired) electrons. The zero-order chi connectivity index (χ0) is 11.6. The van der Waals surface area contributed by atoms with E-state index < -0.39 is 11.9 Å². The summed E-state index contributed by atoms with van der Waals surface area (Å²) in [5, 5.41) is 8.91. The highest BCUT2D eigenvalue weighted by atomic mass is 79.9. The van der Waals surface area contributed by atoms with Crippen molar-refractivity contribution in [1.29, 1.82) is 0 Å². The van der Waals surface area contributed by atoms with Gasteiger partial charge >= 0.3 is 5.97 Å². The minimum Gasteiger partial charge on any atom is -0.481 e. The summed E-state index contributed by atoms with van der Waals surface area (Å²) >= 11 is 3.26. The summed E-state index contributed by atoms with van der Waals surface area (Å²) in [5.41, 5.74) is 0.529. The number of carbonyl (C=O) groups is 1. The Morgan fingerprint density at radius 3 is 2.53 bits per heavy atom. The number of carboxylic acid groups (broad SMARTS) is 1. The molecular weight excluding hydrogens is 260 g/mol. The number of hydrogen-bond acceptors (Lipinski definition) is 3. The Morgan fingerprint density at radius 1 is 1.47 bits per heavy atom. The topological polar surface area (TPSA) is 63.1 Å². The van der Waals surface area contributed by atoms with Crippen molar-refractivity contribution in [3.63, 3.8) is 0 Å². The largest absolute Gasteiger partial charge is 0.481 e. The lowest BCUT2D eigenvalue weighted by atomic mass is 10.1. The van der Waals surface area contributed by atoms with E-state index >= 15 is 0 Å². The highest BCUT2D eigenvalue weighted by molar-refractivity contribution is 9.10. The standard InChI is InChI=1S/C10H13BrN2O2/c1-5(2)9-12-4-7(11)8(13-9)6(3)10(14)15/h4-6H,1-3H3,(H,14,15). The van der Waals surface area contributed by atoms with Gasteiger partial charge in [-0.15, -0.1) is 0 Å². The van der Waals surface area contributed by atoms with Crippen LogP contribution in [0.2, 0.25) is 0 Å². The molecule has 1 unspecified atom stereocenters. The van der Waals surface area contributed by atoms with Crippen LogP contribution in [0.1, 0.15) is 44.1 Å². The van der Waals surface area contributed by atoms with Gasteiger partial charge < -0.3 is 5.11 Å². The monoisotopic (exact) mass is 272 g/mol. The zero-order valence-corrected chi connectivity index (χ0v) is 10.4. The van der Waals surface area contributed by atoms with E-state index in [1.54, 1.807) is 13.1 Å². The van der Waals surface area contributed by atoms with Gasteiger partial charge in [-0.1, -0.05) is 13.8 Å². The molecule has 4 nitrogen and oxygen atoms in total. The molecule has 0 spiro atoms. The summed E-state index contributed by atoms with van der Waals surface area (Å²) in [6.45, 7) is 5.55. The normalized spacial score (nSPS) is 12.9. The molecule has 0 saturated heterocycles. The minimum absolute atomic E-state index is 0.192. The average Bonchev–Trinajstić information content (AvgIpc) is 2.16. The number of carboxylic acids is 1. The fourth-order valence-electron chi connectivity index (χ4n) is 1.09. The molecule has 1 heterocycles. The first-order valence-corrected chi connectivity index (χ1v) is 5.48. The van der Waals surface area contributed by atoms with Crippen molar-refractivity contribution < 1.29 is 9.90 Å². The summed E-state index contributed by atoms with van der Waals surface area (Å²) < 4.78 is 0.641. The molecule has 0 fully saturated rings. The van der Waals surface area contributed by atoms with Crippen molar-refractivity contribution in [2.45, 2.75) is 32.6 Å². The van der Waals surface area contributed by atoms with Gasteiger partial charge in [-0.05, 0) is 22.9 Å². The van der Waals surface area contributed by atoms with Gasteiger partial charge in [0.15, 0.2) is 0 Å². The molecule has 0 aromatic carbocycles. The predicted molar refractivity (Wildman–Crippen MR) is 59.9 cm³/mol. The summed E-state index contributed by atoms with van der Waals surface area (Å²) in [5.74, 6) is -0.650. The number of halogens is 1. The van der Waals surface area contributed by atoms with Crippen LogP contribution >= 0.6 is 15.9 Å². The zero-order valence-electron chi connectivity index (χ0n) is 8.86. The van der Waals surface area contributed by atoms with E-state index in [4.69, 9.17) is 5.11 Å². The van der Waals surface area contributed by atoms with Crippen molar-refractivity contribution >= 4 is 21.9 Å². The minimum atomic E-state index is -0.885. The third-order valence-electron chi connectivity index (χ3n) is 2.09. The van der Waals surface area contributed by atoms with Crippen LogP contribution in [-0.4, -0.2) is 21.0 Å². The first-order chi connectivity index (χ1) is 6.93. The second-order valence-corrected chi connectivity index (χ2v) is 4.53. The Labute approximate surface area is 96.9 Å². The van der Waals surface area contributed by atoms with Gasteiger partial charge in [-0.3, -0.25) is 4.79 Å². The maximum absolute atomic E-state index is 10.9. The maximum Gasteiger partial charge on any atom is 0.312 e. The van der Waals surface area contributed by atoms with Crippen molar-refractivity contribution in [1.82, 2.24) is 9.97 Å². The lowest BCUT2D eigenvalue weighted by molar-refractivity contribution is -0.138. The van der Waals surface area contributed by atoms with E-state index in [2.05, 4.69) is 25.9 Å². The van der Waals surface area contributed by atoms with E-state index in [-0.39, 0.29) is 5.92 Å². The maximum atomic E-state index is 10.9. The quantitative estimate of drug-likeness (QED) is 0.919. The average molecular weight is 273 g/mol. The van der Waals surface area contributed by atoms with E-state index in [9.17, 15) is 4.79 Å². The summed E-state index contributed by atoms with van der Waals surface area (Å²) in [4.78, 5) is 19.2. The lowest BCUT2D eigenvalue weighted by Gasteiger charge is -2.11. The number of aromatic nitrogens is 2. The third-order valence-corrected chi connectivity index (χ3v) is 2.70. The second-order valence-electron chi connectivity index (χ2n) is 3.68. The van der Waals surface area contributed by atoms with Crippen LogP contribution in [0.3, 0.4) is 0 Å². The van der Waals surface area contributed by atoms with Gasteiger partial charge in [0.25, 0.3) is 0 Å². The van der Waals surface area contributed by atoms with Crippen LogP contribution in [0.15, 0.2) is 10.7 Å². The van der Waals surface area contributed by atoms with Gasteiger partial charge in [-0.2, -0.15) is 0 Å². The van der Waals surface area contributed by atoms with E-state index in [0.717, 1.165) is 0 Å². The smallest absolute Gasteiger partial charge is 0.312 e. The van der Waals surface area contributed by atoms with E-state index in [1.165, 1.54) is 0 Å². The fraction of sp³-hybridized carbons (Fsp3) is 0.500. The van der Waals surface area contributed by atoms with Crippen molar-refractivity contribution in [3.05, 3.63) is 22.2 Å². The summed E-state index contributed by atoms with van der Waals surface area (Å²) in [7, 11) is 0. The van der Waals surface area contributed by atoms with Crippen LogP contribution in [-0.2, 0) is 4.79 Å². The molecule has 0 saturated carbocycles. The van der Waals surface area contributed by atoms with Crippen LogP contribution in [0.5, 0.6) is 0 Å². The van der Waals surface area contributed by atoms with Gasteiger partial charge in [-0.25, -0.2) is 9.97 Å².